The van der Waals surface area contributed by atoms with Crippen LogP contribution in [0.15, 0.2) is 34.4 Å². The Bertz CT molecular complexity index is 1320. The molecule has 1 aliphatic carbocycles. The Morgan fingerprint density at radius 2 is 2.06 bits per heavy atom. The van der Waals surface area contributed by atoms with Gasteiger partial charge in [0.1, 0.15) is 28.3 Å². The molecular weight excluding hydrogens is 452 g/mol. The molecule has 0 radical (unpaired) electrons. The first-order chi connectivity index (χ1) is 15.3. The summed E-state index contributed by atoms with van der Waals surface area (Å²) in [5, 5.41) is 12.7. The Labute approximate surface area is 189 Å². The highest BCUT2D eigenvalue weighted by Crippen LogP contribution is 2.39. The van der Waals surface area contributed by atoms with Crippen molar-refractivity contribution in [2.45, 2.75) is 19.3 Å². The van der Waals surface area contributed by atoms with Crippen molar-refractivity contribution in [1.29, 1.82) is 5.26 Å². The highest BCUT2D eigenvalue weighted by atomic mass is 32.2. The largest absolute Gasteiger partial charge is 0.497 e. The molecule has 1 aromatic heterocycles. The van der Waals surface area contributed by atoms with Gasteiger partial charge in [0, 0.05) is 17.5 Å². The van der Waals surface area contributed by atoms with Gasteiger partial charge in [-0.1, -0.05) is 0 Å². The minimum atomic E-state index is -4.17. The molecule has 0 fully saturated rings. The number of allylic oxidation sites excluding steroid dienone is 1. The number of benzene rings is 1. The Balaban J connectivity index is 1.74. The van der Waals surface area contributed by atoms with Gasteiger partial charge in [0.15, 0.2) is 0 Å². The number of rotatable bonds is 5. The van der Waals surface area contributed by atoms with Crippen molar-refractivity contribution >= 4 is 38.2 Å². The molecule has 166 valence electrons. The van der Waals surface area contributed by atoms with E-state index >= 15 is 0 Å². The third kappa shape index (κ3) is 3.72. The first-order valence-corrected chi connectivity index (χ1v) is 11.9. The fraction of sp³-hybridized carbons (Fsp3) is 0.286. The van der Waals surface area contributed by atoms with Gasteiger partial charge in [0.25, 0.3) is 5.91 Å². The van der Waals surface area contributed by atoms with Gasteiger partial charge < -0.3 is 14.8 Å². The van der Waals surface area contributed by atoms with Gasteiger partial charge in [0.05, 0.1) is 25.5 Å². The fourth-order valence-corrected chi connectivity index (χ4v) is 5.83. The van der Waals surface area contributed by atoms with E-state index in [1.807, 2.05) is 0 Å². The molecule has 1 N–H and O–H groups in total. The lowest BCUT2D eigenvalue weighted by atomic mass is 10.1. The lowest BCUT2D eigenvalue weighted by Gasteiger charge is -2.24. The summed E-state index contributed by atoms with van der Waals surface area (Å²) in [5.41, 5.74) is 1.69. The molecule has 9 nitrogen and oxygen atoms in total. The second-order valence-corrected chi connectivity index (χ2v) is 9.88. The highest BCUT2D eigenvalue weighted by Gasteiger charge is 2.32. The first-order valence-electron chi connectivity index (χ1n) is 9.68. The predicted octanol–water partition coefficient (Wildman–Crippen LogP) is 2.63. The van der Waals surface area contributed by atoms with Crippen LogP contribution in [0.4, 0.5) is 5.00 Å². The number of hydrogen-bond acceptors (Lipinski definition) is 7. The SMILES string of the molecule is COc1ccc(OC)c(C2=NS(=O)(=O)N(C)C(C(=O)Nc3sc4c(c3C#N)CCC4)=C2)c1. The molecule has 1 aromatic carbocycles. The molecular formula is C21H20N4O5S2. The number of nitrogens with one attached hydrogen (secondary N) is 1. The van der Waals surface area contributed by atoms with Crippen molar-refractivity contribution in [2.24, 2.45) is 4.40 Å². The zero-order chi connectivity index (χ0) is 23.0. The lowest BCUT2D eigenvalue weighted by Crippen LogP contribution is -2.35. The van der Waals surface area contributed by atoms with Crippen molar-refractivity contribution in [3.8, 4) is 17.6 Å². The second-order valence-electron chi connectivity index (χ2n) is 7.15. The summed E-state index contributed by atoms with van der Waals surface area (Å²) in [6.45, 7) is 0. The monoisotopic (exact) mass is 472 g/mol. The highest BCUT2D eigenvalue weighted by molar-refractivity contribution is 7.88. The van der Waals surface area contributed by atoms with Gasteiger partial charge in [-0.25, -0.2) is 4.31 Å². The van der Waals surface area contributed by atoms with Crippen LogP contribution in [0.3, 0.4) is 0 Å². The molecule has 32 heavy (non-hydrogen) atoms. The van der Waals surface area contributed by atoms with Gasteiger partial charge in [-0.2, -0.15) is 13.7 Å². The number of amides is 1. The number of carbonyl (C=O) groups excluding carboxylic acids is 1. The molecule has 1 aliphatic heterocycles. The van der Waals surface area contributed by atoms with Crippen LogP contribution >= 0.6 is 11.3 Å². The third-order valence-electron chi connectivity index (χ3n) is 5.35. The minimum absolute atomic E-state index is 0.0400. The van der Waals surface area contributed by atoms with E-state index in [1.54, 1.807) is 18.2 Å². The summed E-state index contributed by atoms with van der Waals surface area (Å²) in [6.07, 6.45) is 4.03. The number of hydrogen-bond donors (Lipinski definition) is 1. The van der Waals surface area contributed by atoms with Crippen molar-refractivity contribution in [2.75, 3.05) is 26.6 Å². The summed E-state index contributed by atoms with van der Waals surface area (Å²) >= 11 is 1.36. The van der Waals surface area contributed by atoms with Crippen molar-refractivity contribution < 1.29 is 22.7 Å². The summed E-state index contributed by atoms with van der Waals surface area (Å²) in [6, 6.07) is 7.05. The number of fused-ring (bicyclic) bond motifs is 1. The van der Waals surface area contributed by atoms with E-state index in [0.717, 1.165) is 34.0 Å². The predicted molar refractivity (Wildman–Crippen MR) is 121 cm³/mol. The molecule has 1 amide bonds. The maximum Gasteiger partial charge on any atom is 0.345 e. The van der Waals surface area contributed by atoms with Crippen LogP contribution in [0.2, 0.25) is 0 Å². The maximum absolute atomic E-state index is 13.1. The van der Waals surface area contributed by atoms with Crippen molar-refractivity contribution in [3.05, 3.63) is 51.5 Å². The quantitative estimate of drug-likeness (QED) is 0.714. The topological polar surface area (TPSA) is 121 Å². The van der Waals surface area contributed by atoms with Crippen LogP contribution in [0, 0.1) is 11.3 Å². The maximum atomic E-state index is 13.1. The molecule has 2 aromatic rings. The number of likely N-dealkylation sites (N-methyl/N-ethyl adjacent to an activating group) is 1. The number of ether oxygens (including phenoxy) is 2. The average Bonchev–Trinajstić information content (AvgIpc) is 3.35. The van der Waals surface area contributed by atoms with Gasteiger partial charge in [-0.05, 0) is 49.1 Å². The smallest absolute Gasteiger partial charge is 0.345 e. The Kier molecular flexibility index (Phi) is 5.66. The lowest BCUT2D eigenvalue weighted by molar-refractivity contribution is -0.113. The van der Waals surface area contributed by atoms with E-state index < -0.39 is 16.1 Å². The number of methoxy groups -OCH3 is 2. The van der Waals surface area contributed by atoms with Gasteiger partial charge >= 0.3 is 10.2 Å². The fourth-order valence-electron chi connectivity index (χ4n) is 3.68. The Morgan fingerprint density at radius 1 is 1.28 bits per heavy atom. The van der Waals surface area contributed by atoms with E-state index in [2.05, 4.69) is 15.8 Å². The van der Waals surface area contributed by atoms with E-state index in [1.165, 1.54) is 38.7 Å². The Morgan fingerprint density at radius 3 is 2.75 bits per heavy atom. The first kappa shape index (κ1) is 21.9. The normalized spacial score (nSPS) is 16.5. The molecule has 2 heterocycles. The van der Waals surface area contributed by atoms with Crippen LogP contribution in [-0.2, 0) is 27.8 Å². The van der Waals surface area contributed by atoms with E-state index in [0.29, 0.717) is 27.6 Å². The molecule has 0 saturated heterocycles. The van der Waals surface area contributed by atoms with E-state index in [9.17, 15) is 18.5 Å². The minimum Gasteiger partial charge on any atom is -0.497 e. The van der Waals surface area contributed by atoms with Crippen LogP contribution in [0.5, 0.6) is 11.5 Å². The van der Waals surface area contributed by atoms with Crippen LogP contribution < -0.4 is 14.8 Å². The molecule has 0 unspecified atom stereocenters. The number of nitriles is 1. The third-order valence-corrected chi connectivity index (χ3v) is 7.87. The molecule has 0 atom stereocenters. The standard InChI is InChI=1S/C21H20N4O5S2/c1-25-17(20(26)23-21-15(11-22)13-5-4-6-19(13)31-21)10-16(24-32(25,27)28)14-9-12(29-2)7-8-18(14)30-3/h7-10H,4-6H2,1-3H3,(H,23,26). The molecule has 0 spiro atoms. The van der Waals surface area contributed by atoms with Gasteiger partial charge in [-0.3, -0.25) is 4.79 Å². The molecule has 0 saturated carbocycles. The second kappa shape index (κ2) is 8.29. The number of carbonyl (C=O) groups is 1. The summed E-state index contributed by atoms with van der Waals surface area (Å²) in [7, 11) is 0.0209. The van der Waals surface area contributed by atoms with Crippen LogP contribution in [0.1, 0.15) is 28.0 Å². The number of aryl methyl sites for hydroxylation is 1. The molecule has 2 aliphatic rings. The Hall–Kier alpha value is -3.36. The van der Waals surface area contributed by atoms with Crippen LogP contribution in [-0.4, -0.2) is 45.6 Å². The van der Waals surface area contributed by atoms with Crippen LogP contribution in [0.25, 0.3) is 0 Å². The van der Waals surface area contributed by atoms with Crippen molar-refractivity contribution in [3.63, 3.8) is 0 Å². The summed E-state index contributed by atoms with van der Waals surface area (Å²) < 4.78 is 40.7. The van der Waals surface area contributed by atoms with Crippen molar-refractivity contribution in [1.82, 2.24) is 4.31 Å². The zero-order valence-electron chi connectivity index (χ0n) is 17.6. The van der Waals surface area contributed by atoms with Gasteiger partial charge in [-0.15, -0.1) is 15.7 Å². The molecule has 0 bridgehead atoms. The average molecular weight is 473 g/mol. The zero-order valence-corrected chi connectivity index (χ0v) is 19.3. The number of thiophene rings is 1. The molecule has 4 rings (SSSR count). The van der Waals surface area contributed by atoms with E-state index in [4.69, 9.17) is 9.47 Å². The molecule has 11 heteroatoms. The van der Waals surface area contributed by atoms with E-state index in [-0.39, 0.29) is 11.4 Å². The van der Waals surface area contributed by atoms with Gasteiger partial charge in [0.2, 0.25) is 0 Å². The summed E-state index contributed by atoms with van der Waals surface area (Å²) in [4.78, 5) is 14.2. The number of anilines is 1. The summed E-state index contributed by atoms with van der Waals surface area (Å²) in [5.74, 6) is 0.203. The number of nitrogens with zero attached hydrogens (tertiary/aromatic N) is 3.